The number of aromatic nitrogens is 1. The van der Waals surface area contributed by atoms with Crippen LogP contribution in [0.4, 0.5) is 5.69 Å². The SMILES string of the molecule is CN(C)c1cccc(C(=O)NCC(c2cccs2)c2c[nH]c3ccccc23)c1. The van der Waals surface area contributed by atoms with E-state index in [0.717, 1.165) is 11.2 Å². The van der Waals surface area contributed by atoms with Gasteiger partial charge in [-0.2, -0.15) is 0 Å². The molecule has 0 fully saturated rings. The first kappa shape index (κ1) is 18.3. The van der Waals surface area contributed by atoms with E-state index < -0.39 is 0 Å². The van der Waals surface area contributed by atoms with Crippen LogP contribution in [0.25, 0.3) is 10.9 Å². The van der Waals surface area contributed by atoms with Gasteiger partial charge in [0.1, 0.15) is 0 Å². The molecular weight excluding hydrogens is 366 g/mol. The van der Waals surface area contributed by atoms with Crippen LogP contribution in [0.2, 0.25) is 0 Å². The predicted molar refractivity (Wildman–Crippen MR) is 118 cm³/mol. The van der Waals surface area contributed by atoms with Crippen LogP contribution in [0.3, 0.4) is 0 Å². The number of nitrogens with zero attached hydrogens (tertiary/aromatic N) is 1. The summed E-state index contributed by atoms with van der Waals surface area (Å²) in [5.41, 5.74) is 4.01. The van der Waals surface area contributed by atoms with Gasteiger partial charge < -0.3 is 15.2 Å². The number of benzene rings is 2. The Labute approximate surface area is 168 Å². The summed E-state index contributed by atoms with van der Waals surface area (Å²) in [5, 5.41) is 6.42. The molecule has 4 aromatic rings. The summed E-state index contributed by atoms with van der Waals surface area (Å²) >= 11 is 1.72. The number of carbonyl (C=O) groups is 1. The third-order valence-corrected chi connectivity index (χ3v) is 5.96. The van der Waals surface area contributed by atoms with Crippen molar-refractivity contribution in [3.63, 3.8) is 0 Å². The quantitative estimate of drug-likeness (QED) is 0.495. The number of hydrogen-bond acceptors (Lipinski definition) is 3. The molecule has 2 aromatic carbocycles. The van der Waals surface area contributed by atoms with Crippen LogP contribution in [0, 0.1) is 0 Å². The van der Waals surface area contributed by atoms with Crippen molar-refractivity contribution in [1.29, 1.82) is 0 Å². The largest absolute Gasteiger partial charge is 0.378 e. The third kappa shape index (κ3) is 3.66. The molecule has 142 valence electrons. The summed E-state index contributed by atoms with van der Waals surface area (Å²) in [6.07, 6.45) is 2.06. The van der Waals surface area contributed by atoms with Crippen LogP contribution in [-0.4, -0.2) is 31.5 Å². The first-order chi connectivity index (χ1) is 13.6. The van der Waals surface area contributed by atoms with Gasteiger partial charge in [0.05, 0.1) is 0 Å². The Morgan fingerprint density at radius 2 is 1.96 bits per heavy atom. The lowest BCUT2D eigenvalue weighted by Gasteiger charge is -2.17. The lowest BCUT2D eigenvalue weighted by atomic mass is 9.96. The molecule has 4 rings (SSSR count). The minimum atomic E-state index is -0.0508. The van der Waals surface area contributed by atoms with Crippen molar-refractivity contribution in [3.05, 3.63) is 88.2 Å². The van der Waals surface area contributed by atoms with Crippen molar-refractivity contribution < 1.29 is 4.79 Å². The van der Waals surface area contributed by atoms with Crippen LogP contribution in [0.15, 0.2) is 72.2 Å². The first-order valence-corrected chi connectivity index (χ1v) is 10.2. The minimum Gasteiger partial charge on any atom is -0.378 e. The van der Waals surface area contributed by atoms with Crippen LogP contribution in [0.1, 0.15) is 26.7 Å². The van der Waals surface area contributed by atoms with Crippen molar-refractivity contribution in [2.75, 3.05) is 25.5 Å². The molecule has 0 radical (unpaired) electrons. The fourth-order valence-electron chi connectivity index (χ4n) is 3.46. The van der Waals surface area contributed by atoms with E-state index in [4.69, 9.17) is 0 Å². The number of fused-ring (bicyclic) bond motifs is 1. The molecule has 0 saturated heterocycles. The number of aromatic amines is 1. The van der Waals surface area contributed by atoms with Gasteiger partial charge in [0.2, 0.25) is 0 Å². The first-order valence-electron chi connectivity index (χ1n) is 9.28. The van der Waals surface area contributed by atoms with Crippen LogP contribution >= 0.6 is 11.3 Å². The zero-order valence-corrected chi connectivity index (χ0v) is 16.8. The van der Waals surface area contributed by atoms with E-state index in [-0.39, 0.29) is 11.8 Å². The molecule has 1 amide bonds. The van der Waals surface area contributed by atoms with Gasteiger partial charge in [0.25, 0.3) is 5.91 Å². The van der Waals surface area contributed by atoms with Gasteiger partial charge in [-0.05, 0) is 41.3 Å². The number of rotatable bonds is 6. The molecule has 0 aliphatic carbocycles. The van der Waals surface area contributed by atoms with E-state index in [2.05, 4.69) is 52.2 Å². The average Bonchev–Trinajstić information content (AvgIpc) is 3.39. The molecule has 28 heavy (non-hydrogen) atoms. The fraction of sp³-hybridized carbons (Fsp3) is 0.174. The topological polar surface area (TPSA) is 48.1 Å². The number of carbonyl (C=O) groups excluding carboxylic acids is 1. The maximum absolute atomic E-state index is 12.8. The molecule has 1 atom stereocenters. The Bertz CT molecular complexity index is 1080. The summed E-state index contributed by atoms with van der Waals surface area (Å²) < 4.78 is 0. The minimum absolute atomic E-state index is 0.0508. The third-order valence-electron chi connectivity index (χ3n) is 4.97. The van der Waals surface area contributed by atoms with Gasteiger partial charge in [-0.25, -0.2) is 0 Å². The van der Waals surface area contributed by atoms with Crippen molar-refractivity contribution in [2.24, 2.45) is 0 Å². The Morgan fingerprint density at radius 1 is 1.11 bits per heavy atom. The van der Waals surface area contributed by atoms with Gasteiger partial charge in [-0.15, -0.1) is 11.3 Å². The summed E-state index contributed by atoms with van der Waals surface area (Å²) in [4.78, 5) is 19.4. The molecule has 0 saturated carbocycles. The van der Waals surface area contributed by atoms with E-state index >= 15 is 0 Å². The fourth-order valence-corrected chi connectivity index (χ4v) is 4.30. The van der Waals surface area contributed by atoms with Crippen molar-refractivity contribution in [3.8, 4) is 0 Å². The molecule has 1 unspecified atom stereocenters. The maximum atomic E-state index is 12.8. The number of anilines is 1. The second-order valence-electron chi connectivity index (χ2n) is 7.01. The van der Waals surface area contributed by atoms with E-state index in [0.29, 0.717) is 12.1 Å². The molecule has 2 heterocycles. The summed E-state index contributed by atoms with van der Waals surface area (Å²) in [7, 11) is 3.95. The lowest BCUT2D eigenvalue weighted by Crippen LogP contribution is -2.28. The highest BCUT2D eigenvalue weighted by molar-refractivity contribution is 7.10. The standard InChI is InChI=1S/C23H23N3OS/c1-26(2)17-8-5-7-16(13-17)23(27)25-15-20(22-11-6-12-28-22)19-14-24-21-10-4-3-9-18(19)21/h3-14,20,24H,15H2,1-2H3,(H,25,27). The van der Waals surface area contributed by atoms with Gasteiger partial charge in [-0.3, -0.25) is 4.79 Å². The van der Waals surface area contributed by atoms with Crippen LogP contribution < -0.4 is 10.2 Å². The molecule has 0 bridgehead atoms. The van der Waals surface area contributed by atoms with Crippen molar-refractivity contribution >= 4 is 33.8 Å². The van der Waals surface area contributed by atoms with Crippen LogP contribution in [-0.2, 0) is 0 Å². The normalized spacial score (nSPS) is 12.1. The molecule has 0 aliphatic rings. The predicted octanol–water partition coefficient (Wildman–Crippen LogP) is 4.86. The van der Waals surface area contributed by atoms with E-state index in [1.165, 1.54) is 15.8 Å². The van der Waals surface area contributed by atoms with Crippen molar-refractivity contribution in [1.82, 2.24) is 10.3 Å². The van der Waals surface area contributed by atoms with Gasteiger partial charge in [-0.1, -0.05) is 30.3 Å². The highest BCUT2D eigenvalue weighted by atomic mass is 32.1. The summed E-state index contributed by atoms with van der Waals surface area (Å²) in [6.45, 7) is 0.549. The number of H-pyrrole nitrogens is 1. The molecular formula is C23H23N3OS. The monoisotopic (exact) mass is 389 g/mol. The average molecular weight is 390 g/mol. The summed E-state index contributed by atoms with van der Waals surface area (Å²) in [6, 6.07) is 20.2. The number of hydrogen-bond donors (Lipinski definition) is 2. The van der Waals surface area contributed by atoms with Crippen LogP contribution in [0.5, 0.6) is 0 Å². The Hall–Kier alpha value is -3.05. The molecule has 2 aromatic heterocycles. The van der Waals surface area contributed by atoms with Gasteiger partial charge >= 0.3 is 0 Å². The lowest BCUT2D eigenvalue weighted by molar-refractivity contribution is 0.0952. The Kier molecular flexibility index (Phi) is 5.17. The molecule has 2 N–H and O–H groups in total. The highest BCUT2D eigenvalue weighted by Gasteiger charge is 2.20. The maximum Gasteiger partial charge on any atom is 0.251 e. The molecule has 0 aliphatic heterocycles. The zero-order chi connectivity index (χ0) is 19.5. The Morgan fingerprint density at radius 3 is 2.75 bits per heavy atom. The number of para-hydroxylation sites is 1. The smallest absolute Gasteiger partial charge is 0.251 e. The molecule has 4 nitrogen and oxygen atoms in total. The van der Waals surface area contributed by atoms with E-state index in [1.54, 1.807) is 11.3 Å². The van der Waals surface area contributed by atoms with E-state index in [9.17, 15) is 4.79 Å². The number of amides is 1. The van der Waals surface area contributed by atoms with E-state index in [1.807, 2.05) is 49.3 Å². The van der Waals surface area contributed by atoms with Gasteiger partial charge in [0.15, 0.2) is 0 Å². The molecule has 0 spiro atoms. The number of nitrogens with one attached hydrogen (secondary N) is 2. The van der Waals surface area contributed by atoms with Gasteiger partial charge in [0, 0.05) is 59.8 Å². The highest BCUT2D eigenvalue weighted by Crippen LogP contribution is 2.32. The zero-order valence-electron chi connectivity index (χ0n) is 16.0. The number of thiophene rings is 1. The van der Waals surface area contributed by atoms with Crippen molar-refractivity contribution in [2.45, 2.75) is 5.92 Å². The molecule has 5 heteroatoms. The Balaban J connectivity index is 1.59. The summed E-state index contributed by atoms with van der Waals surface area (Å²) in [5.74, 6) is 0.0576. The second kappa shape index (κ2) is 7.90. The second-order valence-corrected chi connectivity index (χ2v) is 7.99.